The molecule has 10 heteroatoms. The minimum absolute atomic E-state index is 0.101. The number of methoxy groups -OCH3 is 2. The lowest BCUT2D eigenvalue weighted by atomic mass is 10.1. The summed E-state index contributed by atoms with van der Waals surface area (Å²) in [5, 5.41) is 21.8. The summed E-state index contributed by atoms with van der Waals surface area (Å²) in [6.45, 7) is -0.206. The van der Waals surface area contributed by atoms with Crippen molar-refractivity contribution in [2.75, 3.05) is 14.2 Å². The summed E-state index contributed by atoms with van der Waals surface area (Å²) in [6, 6.07) is 7.61. The van der Waals surface area contributed by atoms with Gasteiger partial charge >= 0.3 is 5.97 Å². The van der Waals surface area contributed by atoms with Crippen molar-refractivity contribution in [1.29, 1.82) is 0 Å². The second-order valence-electron chi connectivity index (χ2n) is 4.98. The van der Waals surface area contributed by atoms with Crippen LogP contribution < -0.4 is 9.47 Å². The molecule has 10 nitrogen and oxygen atoms in total. The minimum atomic E-state index is -0.934. The monoisotopic (exact) mass is 362 g/mol. The third-order valence-electron chi connectivity index (χ3n) is 3.44. The van der Waals surface area contributed by atoms with Crippen molar-refractivity contribution in [3.8, 4) is 11.5 Å². The highest BCUT2D eigenvalue weighted by atomic mass is 16.6. The quantitative estimate of drug-likeness (QED) is 0.417. The number of non-ortho nitro benzene ring substituents is 1. The highest BCUT2D eigenvalue weighted by Crippen LogP contribution is 2.34. The zero-order chi connectivity index (χ0) is 19.3. The van der Waals surface area contributed by atoms with E-state index in [0.717, 1.165) is 12.1 Å². The standard InChI is InChI=1S/C16H14N2O8/c1-24-14-7-12(13(18(22)23)8-15(14)25-2)16(19)26-9-10-3-5-11(6-4-10)17(20)21/h3-8H,9H2,1-2H3. The second-order valence-corrected chi connectivity index (χ2v) is 4.98. The van der Waals surface area contributed by atoms with E-state index < -0.39 is 21.5 Å². The van der Waals surface area contributed by atoms with E-state index in [9.17, 15) is 25.0 Å². The Labute approximate surface area is 147 Å². The molecule has 0 aromatic heterocycles. The number of ether oxygens (including phenoxy) is 3. The number of carbonyl (C=O) groups excluding carboxylic acids is 1. The van der Waals surface area contributed by atoms with Crippen molar-refractivity contribution < 1.29 is 28.9 Å². The normalized spacial score (nSPS) is 10.1. The molecule has 136 valence electrons. The number of carbonyl (C=O) groups is 1. The first-order valence-corrected chi connectivity index (χ1v) is 7.18. The van der Waals surface area contributed by atoms with Gasteiger partial charge in [-0.1, -0.05) is 0 Å². The first kappa shape index (κ1) is 18.6. The van der Waals surface area contributed by atoms with Gasteiger partial charge in [0, 0.05) is 18.2 Å². The fourth-order valence-corrected chi connectivity index (χ4v) is 2.12. The number of nitro groups is 2. The molecule has 0 saturated carbocycles. The van der Waals surface area contributed by atoms with Gasteiger partial charge in [0.05, 0.1) is 30.1 Å². The predicted octanol–water partition coefficient (Wildman–Crippen LogP) is 2.88. The van der Waals surface area contributed by atoms with Crippen LogP contribution in [0.4, 0.5) is 11.4 Å². The van der Waals surface area contributed by atoms with Crippen LogP contribution in [0.1, 0.15) is 15.9 Å². The van der Waals surface area contributed by atoms with E-state index in [1.165, 1.54) is 38.5 Å². The van der Waals surface area contributed by atoms with Gasteiger partial charge in [0.15, 0.2) is 11.5 Å². The summed E-state index contributed by atoms with van der Waals surface area (Å²) in [4.78, 5) is 32.8. The molecule has 2 aromatic carbocycles. The summed E-state index contributed by atoms with van der Waals surface area (Å²) in [7, 11) is 2.64. The molecule has 0 bridgehead atoms. The molecule has 0 aliphatic heterocycles. The average Bonchev–Trinajstić information content (AvgIpc) is 2.65. The van der Waals surface area contributed by atoms with Crippen LogP contribution in [0.15, 0.2) is 36.4 Å². The molecule has 2 rings (SSSR count). The number of esters is 1. The van der Waals surface area contributed by atoms with Crippen molar-refractivity contribution in [3.05, 3.63) is 67.8 Å². The Kier molecular flexibility index (Phi) is 5.68. The summed E-state index contributed by atoms with van der Waals surface area (Å²) in [5.41, 5.74) is -0.395. The number of benzene rings is 2. The third kappa shape index (κ3) is 4.04. The van der Waals surface area contributed by atoms with Crippen LogP contribution in [0.5, 0.6) is 11.5 Å². The molecular formula is C16H14N2O8. The van der Waals surface area contributed by atoms with Crippen molar-refractivity contribution in [1.82, 2.24) is 0 Å². The summed E-state index contributed by atoms with van der Waals surface area (Å²) in [6.07, 6.45) is 0. The van der Waals surface area contributed by atoms with Gasteiger partial charge in [-0.15, -0.1) is 0 Å². The Balaban J connectivity index is 2.22. The van der Waals surface area contributed by atoms with Crippen molar-refractivity contribution in [2.24, 2.45) is 0 Å². The first-order chi connectivity index (χ1) is 12.4. The maximum atomic E-state index is 12.3. The molecule has 0 radical (unpaired) electrons. The summed E-state index contributed by atoms with van der Waals surface area (Å²) < 4.78 is 15.1. The van der Waals surface area contributed by atoms with Crippen LogP contribution in [0.2, 0.25) is 0 Å². The van der Waals surface area contributed by atoms with E-state index in [1.54, 1.807) is 0 Å². The first-order valence-electron chi connectivity index (χ1n) is 7.18. The highest BCUT2D eigenvalue weighted by molar-refractivity contribution is 5.95. The molecule has 0 aliphatic carbocycles. The van der Waals surface area contributed by atoms with E-state index in [-0.39, 0.29) is 29.4 Å². The van der Waals surface area contributed by atoms with Gasteiger partial charge in [-0.25, -0.2) is 4.79 Å². The lowest BCUT2D eigenvalue weighted by molar-refractivity contribution is -0.385. The van der Waals surface area contributed by atoms with Crippen LogP contribution in [-0.4, -0.2) is 30.0 Å². The van der Waals surface area contributed by atoms with Gasteiger partial charge < -0.3 is 14.2 Å². The predicted molar refractivity (Wildman–Crippen MR) is 88.4 cm³/mol. The van der Waals surface area contributed by atoms with Crippen LogP contribution >= 0.6 is 0 Å². The van der Waals surface area contributed by atoms with Crippen molar-refractivity contribution >= 4 is 17.3 Å². The summed E-state index contributed by atoms with van der Waals surface area (Å²) in [5.74, 6) is -0.692. The molecule has 0 atom stereocenters. The largest absolute Gasteiger partial charge is 0.493 e. The van der Waals surface area contributed by atoms with Crippen LogP contribution in [0.3, 0.4) is 0 Å². The Morgan fingerprint density at radius 3 is 2.04 bits per heavy atom. The molecule has 2 aromatic rings. The Bertz CT molecular complexity index is 848. The molecule has 0 spiro atoms. The molecular weight excluding hydrogens is 348 g/mol. The Morgan fingerprint density at radius 1 is 0.962 bits per heavy atom. The molecule has 26 heavy (non-hydrogen) atoms. The van der Waals surface area contributed by atoms with Crippen molar-refractivity contribution in [3.63, 3.8) is 0 Å². The molecule has 0 fully saturated rings. The Morgan fingerprint density at radius 2 is 1.54 bits per heavy atom. The minimum Gasteiger partial charge on any atom is -0.493 e. The van der Waals surface area contributed by atoms with Gasteiger partial charge in [-0.3, -0.25) is 20.2 Å². The van der Waals surface area contributed by atoms with Gasteiger partial charge in [-0.05, 0) is 17.7 Å². The highest BCUT2D eigenvalue weighted by Gasteiger charge is 2.25. The smallest absolute Gasteiger partial charge is 0.345 e. The van der Waals surface area contributed by atoms with E-state index >= 15 is 0 Å². The Hall–Kier alpha value is -3.69. The van der Waals surface area contributed by atoms with E-state index in [4.69, 9.17) is 14.2 Å². The number of rotatable bonds is 7. The van der Waals surface area contributed by atoms with Crippen LogP contribution in [0.25, 0.3) is 0 Å². The maximum absolute atomic E-state index is 12.3. The zero-order valence-electron chi connectivity index (χ0n) is 13.8. The number of nitro benzene ring substituents is 2. The number of hydrogen-bond acceptors (Lipinski definition) is 8. The van der Waals surface area contributed by atoms with Crippen LogP contribution in [0, 0.1) is 20.2 Å². The number of nitrogens with zero attached hydrogens (tertiary/aromatic N) is 2. The third-order valence-corrected chi connectivity index (χ3v) is 3.44. The molecule has 0 N–H and O–H groups in total. The van der Waals surface area contributed by atoms with E-state index in [1.807, 2.05) is 0 Å². The van der Waals surface area contributed by atoms with Gasteiger partial charge in [0.1, 0.15) is 12.2 Å². The second kappa shape index (κ2) is 7.92. The topological polar surface area (TPSA) is 131 Å². The fourth-order valence-electron chi connectivity index (χ4n) is 2.12. The molecule has 0 aliphatic rings. The van der Waals surface area contributed by atoms with Gasteiger partial charge in [0.25, 0.3) is 11.4 Å². The average molecular weight is 362 g/mol. The maximum Gasteiger partial charge on any atom is 0.345 e. The van der Waals surface area contributed by atoms with E-state index in [0.29, 0.717) is 5.56 Å². The summed E-state index contributed by atoms with van der Waals surface area (Å²) >= 11 is 0. The number of hydrogen-bond donors (Lipinski definition) is 0. The molecule has 0 unspecified atom stereocenters. The lowest BCUT2D eigenvalue weighted by Gasteiger charge is -2.10. The lowest BCUT2D eigenvalue weighted by Crippen LogP contribution is -2.09. The molecule has 0 amide bonds. The fraction of sp³-hybridized carbons (Fsp3) is 0.188. The SMILES string of the molecule is COc1cc(C(=O)OCc2ccc([N+](=O)[O-])cc2)c([N+](=O)[O-])cc1OC. The van der Waals surface area contributed by atoms with Gasteiger partial charge in [0.2, 0.25) is 0 Å². The van der Waals surface area contributed by atoms with Crippen molar-refractivity contribution in [2.45, 2.75) is 6.61 Å². The zero-order valence-corrected chi connectivity index (χ0v) is 13.8. The van der Waals surface area contributed by atoms with E-state index in [2.05, 4.69) is 0 Å². The molecule has 0 heterocycles. The van der Waals surface area contributed by atoms with Crippen LogP contribution in [-0.2, 0) is 11.3 Å². The van der Waals surface area contributed by atoms with Gasteiger partial charge in [-0.2, -0.15) is 0 Å². The molecule has 0 saturated heterocycles.